The SMILES string of the molecule is O=C(NCc1ccc(CN2CCCC2)cc1)C1CCCN(S(=O)(=O)Cc2c(Cl)cccc2Cl)C1. The van der Waals surface area contributed by atoms with Gasteiger partial charge in [0.25, 0.3) is 0 Å². The fourth-order valence-corrected chi connectivity index (χ4v) is 7.01. The molecule has 2 aliphatic heterocycles. The first kappa shape index (κ1) is 25.5. The molecule has 2 aliphatic rings. The van der Waals surface area contributed by atoms with Crippen LogP contribution in [-0.4, -0.2) is 49.7 Å². The van der Waals surface area contributed by atoms with Crippen molar-refractivity contribution >= 4 is 39.1 Å². The Morgan fingerprint density at radius 1 is 0.941 bits per heavy atom. The summed E-state index contributed by atoms with van der Waals surface area (Å²) >= 11 is 12.3. The highest BCUT2D eigenvalue weighted by atomic mass is 35.5. The Labute approximate surface area is 212 Å². The van der Waals surface area contributed by atoms with E-state index in [-0.39, 0.29) is 24.1 Å². The largest absolute Gasteiger partial charge is 0.352 e. The number of halogens is 2. The van der Waals surface area contributed by atoms with Crippen molar-refractivity contribution in [3.8, 4) is 0 Å². The van der Waals surface area contributed by atoms with E-state index in [0.717, 1.165) is 25.2 Å². The fraction of sp³-hybridized carbons (Fsp3) is 0.480. The minimum atomic E-state index is -3.65. The van der Waals surface area contributed by atoms with Crippen LogP contribution in [0, 0.1) is 5.92 Å². The maximum absolute atomic E-state index is 13.0. The summed E-state index contributed by atoms with van der Waals surface area (Å²) in [6, 6.07) is 13.3. The summed E-state index contributed by atoms with van der Waals surface area (Å²) in [6.45, 7) is 4.30. The minimum absolute atomic E-state index is 0.114. The van der Waals surface area contributed by atoms with Gasteiger partial charge in [0, 0.05) is 41.8 Å². The molecule has 9 heteroatoms. The summed E-state index contributed by atoms with van der Waals surface area (Å²) in [4.78, 5) is 15.3. The number of nitrogens with one attached hydrogen (secondary N) is 1. The van der Waals surface area contributed by atoms with Crippen LogP contribution in [0.3, 0.4) is 0 Å². The van der Waals surface area contributed by atoms with E-state index >= 15 is 0 Å². The molecule has 0 radical (unpaired) electrons. The van der Waals surface area contributed by atoms with E-state index in [2.05, 4.69) is 34.5 Å². The Hall–Kier alpha value is -1.64. The zero-order valence-corrected chi connectivity index (χ0v) is 21.5. The molecule has 2 aromatic rings. The topological polar surface area (TPSA) is 69.7 Å². The smallest absolute Gasteiger partial charge is 0.224 e. The van der Waals surface area contributed by atoms with E-state index in [9.17, 15) is 13.2 Å². The lowest BCUT2D eigenvalue weighted by atomic mass is 9.98. The van der Waals surface area contributed by atoms with Gasteiger partial charge in [0.1, 0.15) is 0 Å². The Bertz CT molecular complexity index is 1080. The second kappa shape index (κ2) is 11.4. The van der Waals surface area contributed by atoms with Crippen molar-refractivity contribution in [3.63, 3.8) is 0 Å². The van der Waals surface area contributed by atoms with Crippen LogP contribution in [0.2, 0.25) is 10.0 Å². The third-order valence-corrected chi connectivity index (χ3v) is 9.11. The van der Waals surface area contributed by atoms with Crippen molar-refractivity contribution in [2.75, 3.05) is 26.2 Å². The van der Waals surface area contributed by atoms with Crippen molar-refractivity contribution < 1.29 is 13.2 Å². The van der Waals surface area contributed by atoms with Crippen molar-refractivity contribution in [2.45, 2.75) is 44.5 Å². The van der Waals surface area contributed by atoms with Crippen LogP contribution in [0.25, 0.3) is 0 Å². The van der Waals surface area contributed by atoms with Gasteiger partial charge in [-0.3, -0.25) is 9.69 Å². The molecule has 0 aliphatic carbocycles. The average molecular weight is 525 g/mol. The van der Waals surface area contributed by atoms with Gasteiger partial charge in [-0.15, -0.1) is 0 Å². The molecule has 0 spiro atoms. The van der Waals surface area contributed by atoms with Crippen LogP contribution >= 0.6 is 23.2 Å². The number of amides is 1. The van der Waals surface area contributed by atoms with Gasteiger partial charge in [0.2, 0.25) is 15.9 Å². The van der Waals surface area contributed by atoms with Gasteiger partial charge < -0.3 is 5.32 Å². The van der Waals surface area contributed by atoms with Gasteiger partial charge in [-0.05, 0) is 62.0 Å². The second-order valence-corrected chi connectivity index (χ2v) is 12.0. The minimum Gasteiger partial charge on any atom is -0.352 e. The maximum atomic E-state index is 13.0. The first-order valence-corrected chi connectivity index (χ1v) is 14.2. The Morgan fingerprint density at radius 2 is 1.59 bits per heavy atom. The highest BCUT2D eigenvalue weighted by Gasteiger charge is 2.33. The summed E-state index contributed by atoms with van der Waals surface area (Å²) in [5.41, 5.74) is 2.71. The summed E-state index contributed by atoms with van der Waals surface area (Å²) in [5, 5.41) is 3.64. The molecule has 1 amide bonds. The van der Waals surface area contributed by atoms with Gasteiger partial charge in [0.15, 0.2) is 0 Å². The summed E-state index contributed by atoms with van der Waals surface area (Å²) in [6.07, 6.45) is 3.85. The number of rotatable bonds is 8. The standard InChI is InChI=1S/C25H31Cl2N3O3S/c26-23-6-3-7-24(27)22(23)18-34(32,33)30-14-4-5-21(17-30)25(31)28-15-19-8-10-20(11-9-19)16-29-12-1-2-13-29/h3,6-11,21H,1-2,4-5,12-18H2,(H,28,31). The van der Waals surface area contributed by atoms with Gasteiger partial charge >= 0.3 is 0 Å². The van der Waals surface area contributed by atoms with E-state index in [1.54, 1.807) is 18.2 Å². The number of piperidine rings is 1. The third kappa shape index (κ3) is 6.52. The zero-order valence-electron chi connectivity index (χ0n) is 19.2. The molecule has 2 saturated heterocycles. The second-order valence-electron chi connectivity index (χ2n) is 9.17. The van der Waals surface area contributed by atoms with Crippen molar-refractivity contribution in [1.82, 2.24) is 14.5 Å². The lowest BCUT2D eigenvalue weighted by Crippen LogP contribution is -2.45. The number of hydrogen-bond donors (Lipinski definition) is 1. The Balaban J connectivity index is 1.30. The van der Waals surface area contributed by atoms with E-state index < -0.39 is 10.0 Å². The van der Waals surface area contributed by atoms with Crippen molar-refractivity contribution in [2.24, 2.45) is 5.92 Å². The molecular formula is C25H31Cl2N3O3S. The highest BCUT2D eigenvalue weighted by molar-refractivity contribution is 7.88. The molecule has 2 aromatic carbocycles. The van der Waals surface area contributed by atoms with E-state index in [0.29, 0.717) is 41.5 Å². The molecule has 1 unspecified atom stereocenters. The Morgan fingerprint density at radius 3 is 2.26 bits per heavy atom. The van der Waals surface area contributed by atoms with Crippen molar-refractivity contribution in [3.05, 3.63) is 69.2 Å². The first-order valence-electron chi connectivity index (χ1n) is 11.8. The maximum Gasteiger partial charge on any atom is 0.224 e. The lowest BCUT2D eigenvalue weighted by Gasteiger charge is -2.31. The Kier molecular flexibility index (Phi) is 8.53. The molecule has 0 aromatic heterocycles. The number of carbonyl (C=O) groups is 1. The molecule has 34 heavy (non-hydrogen) atoms. The number of carbonyl (C=O) groups excluding carboxylic acids is 1. The first-order chi connectivity index (χ1) is 16.3. The summed E-state index contributed by atoms with van der Waals surface area (Å²) in [5.74, 6) is -0.764. The molecule has 4 rings (SSSR count). The molecule has 1 atom stereocenters. The fourth-order valence-electron chi connectivity index (χ4n) is 4.65. The normalized spacial score (nSPS) is 19.9. The molecule has 6 nitrogen and oxygen atoms in total. The van der Waals surface area contributed by atoms with Crippen LogP contribution in [0.1, 0.15) is 42.4 Å². The van der Waals surface area contributed by atoms with Crippen LogP contribution < -0.4 is 5.32 Å². The van der Waals surface area contributed by atoms with Gasteiger partial charge in [0.05, 0.1) is 11.7 Å². The van der Waals surface area contributed by atoms with Gasteiger partial charge in [-0.1, -0.05) is 53.5 Å². The molecule has 2 fully saturated rings. The molecular weight excluding hydrogens is 493 g/mol. The van der Waals surface area contributed by atoms with Crippen LogP contribution in [-0.2, 0) is 33.7 Å². The summed E-state index contributed by atoms with van der Waals surface area (Å²) in [7, 11) is -3.65. The highest BCUT2D eigenvalue weighted by Crippen LogP contribution is 2.29. The summed E-state index contributed by atoms with van der Waals surface area (Å²) < 4.78 is 27.5. The predicted molar refractivity (Wildman–Crippen MR) is 136 cm³/mol. The number of sulfonamides is 1. The number of benzene rings is 2. The van der Waals surface area contributed by atoms with Crippen LogP contribution in [0.15, 0.2) is 42.5 Å². The van der Waals surface area contributed by atoms with Crippen LogP contribution in [0.4, 0.5) is 0 Å². The number of nitrogens with zero attached hydrogens (tertiary/aromatic N) is 2. The molecule has 1 N–H and O–H groups in total. The monoisotopic (exact) mass is 523 g/mol. The van der Waals surface area contributed by atoms with E-state index in [1.165, 1.54) is 22.7 Å². The lowest BCUT2D eigenvalue weighted by molar-refractivity contribution is -0.126. The predicted octanol–water partition coefficient (Wildman–Crippen LogP) is 4.45. The van der Waals surface area contributed by atoms with E-state index in [4.69, 9.17) is 23.2 Å². The zero-order chi connectivity index (χ0) is 24.1. The molecule has 2 heterocycles. The van der Waals surface area contributed by atoms with Crippen LogP contribution in [0.5, 0.6) is 0 Å². The number of likely N-dealkylation sites (tertiary alicyclic amines) is 1. The molecule has 184 valence electrons. The van der Waals surface area contributed by atoms with E-state index in [1.807, 2.05) is 0 Å². The molecule has 0 bridgehead atoms. The third-order valence-electron chi connectivity index (χ3n) is 6.63. The average Bonchev–Trinajstić information content (AvgIpc) is 3.34. The molecule has 0 saturated carbocycles. The quantitative estimate of drug-likeness (QED) is 0.554. The van der Waals surface area contributed by atoms with Gasteiger partial charge in [-0.25, -0.2) is 12.7 Å². The van der Waals surface area contributed by atoms with Gasteiger partial charge in [-0.2, -0.15) is 0 Å². The number of hydrogen-bond acceptors (Lipinski definition) is 4. The van der Waals surface area contributed by atoms with Crippen molar-refractivity contribution in [1.29, 1.82) is 0 Å².